The summed E-state index contributed by atoms with van der Waals surface area (Å²) in [7, 11) is 0. The summed E-state index contributed by atoms with van der Waals surface area (Å²) < 4.78 is 0.781. The van der Waals surface area contributed by atoms with Gasteiger partial charge in [0.2, 0.25) is 0 Å². The molecule has 2 rings (SSSR count). The molecule has 0 saturated carbocycles. The fraction of sp³-hybridized carbons (Fsp3) is 0.188. The third-order valence-corrected chi connectivity index (χ3v) is 4.11. The molecule has 0 aromatic heterocycles. The van der Waals surface area contributed by atoms with Crippen LogP contribution in [0.5, 0.6) is 0 Å². The number of aryl methyl sites for hydroxylation is 1. The fourth-order valence-electron chi connectivity index (χ4n) is 1.98. The summed E-state index contributed by atoms with van der Waals surface area (Å²) in [4.78, 5) is 12.9. The van der Waals surface area contributed by atoms with Gasteiger partial charge in [-0.2, -0.15) is 0 Å². The largest absolute Gasteiger partial charge is 0.352 e. The van der Waals surface area contributed by atoms with Crippen molar-refractivity contribution in [1.29, 1.82) is 0 Å². The zero-order valence-electron chi connectivity index (χ0n) is 11.2. The molecule has 2 nitrogen and oxygen atoms in total. The van der Waals surface area contributed by atoms with E-state index in [-0.39, 0.29) is 5.91 Å². The monoisotopic (exact) mass is 349 g/mol. The van der Waals surface area contributed by atoms with Crippen LogP contribution in [0.15, 0.2) is 51.8 Å². The van der Waals surface area contributed by atoms with Crippen LogP contribution in [-0.2, 0) is 6.42 Å². The van der Waals surface area contributed by atoms with E-state index >= 15 is 0 Å². The minimum absolute atomic E-state index is 0.0821. The lowest BCUT2D eigenvalue weighted by Gasteiger charge is -2.09. The second kappa shape index (κ2) is 6.95. The van der Waals surface area contributed by atoms with Crippen molar-refractivity contribution in [1.82, 2.24) is 5.32 Å². The van der Waals surface area contributed by atoms with Crippen LogP contribution < -0.4 is 5.32 Å². The van der Waals surface area contributed by atoms with Crippen molar-refractivity contribution in [3.63, 3.8) is 0 Å². The number of halogens is 1. The minimum atomic E-state index is -0.0821. The van der Waals surface area contributed by atoms with E-state index in [1.807, 2.05) is 24.3 Å². The van der Waals surface area contributed by atoms with E-state index in [9.17, 15) is 4.79 Å². The maximum atomic E-state index is 12.1. The number of benzene rings is 2. The first-order valence-electron chi connectivity index (χ1n) is 6.39. The molecule has 4 heteroatoms. The van der Waals surface area contributed by atoms with Gasteiger partial charge in [-0.1, -0.05) is 24.3 Å². The van der Waals surface area contributed by atoms with Gasteiger partial charge in [0.1, 0.15) is 0 Å². The zero-order chi connectivity index (χ0) is 14.5. The number of hydrogen-bond acceptors (Lipinski definition) is 2. The molecule has 0 aliphatic heterocycles. The van der Waals surface area contributed by atoms with Gasteiger partial charge in [-0.25, -0.2) is 0 Å². The van der Waals surface area contributed by atoms with Gasteiger partial charge in [-0.05, 0) is 58.6 Å². The second-order valence-corrected chi connectivity index (χ2v) is 5.97. The first-order valence-corrected chi connectivity index (χ1v) is 7.63. The van der Waals surface area contributed by atoms with Gasteiger partial charge in [0.05, 0.1) is 5.56 Å². The molecule has 2 aromatic rings. The Morgan fingerprint density at radius 3 is 2.75 bits per heavy atom. The molecule has 0 atom stereocenters. The Hall–Kier alpha value is -1.26. The van der Waals surface area contributed by atoms with Crippen LogP contribution in [0, 0.1) is 6.92 Å². The van der Waals surface area contributed by atoms with Crippen LogP contribution >= 0.6 is 28.6 Å². The van der Waals surface area contributed by atoms with E-state index in [0.717, 1.165) is 15.8 Å². The Kier molecular flexibility index (Phi) is 5.26. The maximum Gasteiger partial charge on any atom is 0.252 e. The zero-order valence-corrected chi connectivity index (χ0v) is 13.7. The van der Waals surface area contributed by atoms with Crippen LogP contribution in [0.25, 0.3) is 0 Å². The molecule has 0 radical (unpaired) electrons. The molecule has 20 heavy (non-hydrogen) atoms. The van der Waals surface area contributed by atoms with Crippen LogP contribution in [0.2, 0.25) is 0 Å². The molecular formula is C16H16BrNOS. The summed E-state index contributed by atoms with van der Waals surface area (Å²) >= 11 is 7.64. The summed E-state index contributed by atoms with van der Waals surface area (Å²) in [5.41, 5.74) is 3.12. The second-order valence-electron chi connectivity index (χ2n) is 4.60. The lowest BCUT2D eigenvalue weighted by molar-refractivity contribution is 0.0953. The standard InChI is InChI=1S/C16H16BrNOS/c1-11-4-2-3-5-12(11)8-9-18-16(19)14-10-13(20)6-7-15(14)17/h2-7,10,20H,8-9H2,1H3,(H,18,19). The van der Waals surface area contributed by atoms with E-state index in [1.165, 1.54) is 11.1 Å². The molecule has 0 unspecified atom stereocenters. The number of amides is 1. The van der Waals surface area contributed by atoms with Gasteiger partial charge in [0.25, 0.3) is 5.91 Å². The summed E-state index contributed by atoms with van der Waals surface area (Å²) in [5.74, 6) is -0.0821. The number of carbonyl (C=O) groups excluding carboxylic acids is 1. The number of carbonyl (C=O) groups is 1. The van der Waals surface area contributed by atoms with Gasteiger partial charge in [0, 0.05) is 15.9 Å². The van der Waals surface area contributed by atoms with Gasteiger partial charge in [0.15, 0.2) is 0 Å². The molecule has 0 aliphatic carbocycles. The highest BCUT2D eigenvalue weighted by atomic mass is 79.9. The number of thiol groups is 1. The van der Waals surface area contributed by atoms with Crippen molar-refractivity contribution in [2.75, 3.05) is 6.54 Å². The molecule has 0 bridgehead atoms. The van der Waals surface area contributed by atoms with Crippen LogP contribution in [0.4, 0.5) is 0 Å². The molecule has 0 spiro atoms. The first kappa shape index (κ1) is 15.1. The lowest BCUT2D eigenvalue weighted by Crippen LogP contribution is -2.26. The molecular weight excluding hydrogens is 334 g/mol. The Morgan fingerprint density at radius 1 is 1.25 bits per heavy atom. The molecule has 0 aliphatic rings. The van der Waals surface area contributed by atoms with Gasteiger partial charge in [-0.3, -0.25) is 4.79 Å². The summed E-state index contributed by atoms with van der Waals surface area (Å²) in [5, 5.41) is 2.94. The summed E-state index contributed by atoms with van der Waals surface area (Å²) in [6.07, 6.45) is 0.830. The summed E-state index contributed by atoms with van der Waals surface area (Å²) in [6.45, 7) is 2.70. The molecule has 104 valence electrons. The van der Waals surface area contributed by atoms with Crippen molar-refractivity contribution in [2.45, 2.75) is 18.2 Å². The highest BCUT2D eigenvalue weighted by Gasteiger charge is 2.09. The summed E-state index contributed by atoms with van der Waals surface area (Å²) in [6, 6.07) is 13.6. The highest BCUT2D eigenvalue weighted by Crippen LogP contribution is 2.20. The number of nitrogens with one attached hydrogen (secondary N) is 1. The fourth-order valence-corrected chi connectivity index (χ4v) is 2.61. The molecule has 0 fully saturated rings. The molecule has 2 aromatic carbocycles. The van der Waals surface area contributed by atoms with E-state index in [2.05, 4.69) is 52.9 Å². The van der Waals surface area contributed by atoms with E-state index < -0.39 is 0 Å². The minimum Gasteiger partial charge on any atom is -0.352 e. The van der Waals surface area contributed by atoms with E-state index in [0.29, 0.717) is 12.1 Å². The lowest BCUT2D eigenvalue weighted by atomic mass is 10.1. The molecule has 1 N–H and O–H groups in total. The first-order chi connectivity index (χ1) is 9.58. The normalized spacial score (nSPS) is 10.3. The predicted octanol–water partition coefficient (Wildman–Crippen LogP) is 4.02. The smallest absolute Gasteiger partial charge is 0.252 e. The Bertz CT molecular complexity index is 628. The molecule has 0 saturated heterocycles. The van der Waals surface area contributed by atoms with Crippen molar-refractivity contribution in [2.24, 2.45) is 0 Å². The van der Waals surface area contributed by atoms with Crippen LogP contribution in [0.3, 0.4) is 0 Å². The topological polar surface area (TPSA) is 29.1 Å². The average Bonchev–Trinajstić information content (AvgIpc) is 2.43. The third kappa shape index (κ3) is 3.87. The van der Waals surface area contributed by atoms with Gasteiger partial charge < -0.3 is 5.32 Å². The van der Waals surface area contributed by atoms with Crippen LogP contribution in [-0.4, -0.2) is 12.5 Å². The third-order valence-electron chi connectivity index (χ3n) is 3.14. The van der Waals surface area contributed by atoms with Gasteiger partial charge in [-0.15, -0.1) is 12.6 Å². The molecule has 0 heterocycles. The Labute approximate surface area is 133 Å². The van der Waals surface area contributed by atoms with Crippen molar-refractivity contribution in [3.05, 3.63) is 63.6 Å². The average molecular weight is 350 g/mol. The maximum absolute atomic E-state index is 12.1. The van der Waals surface area contributed by atoms with E-state index in [1.54, 1.807) is 6.07 Å². The van der Waals surface area contributed by atoms with Crippen molar-refractivity contribution in [3.8, 4) is 0 Å². The number of rotatable bonds is 4. The number of hydrogen-bond donors (Lipinski definition) is 2. The Balaban J connectivity index is 1.96. The highest BCUT2D eigenvalue weighted by molar-refractivity contribution is 9.10. The quantitative estimate of drug-likeness (QED) is 0.802. The van der Waals surface area contributed by atoms with Crippen molar-refractivity contribution < 1.29 is 4.79 Å². The SMILES string of the molecule is Cc1ccccc1CCNC(=O)c1cc(S)ccc1Br. The van der Waals surface area contributed by atoms with Gasteiger partial charge >= 0.3 is 0 Å². The van der Waals surface area contributed by atoms with E-state index in [4.69, 9.17) is 0 Å². The Morgan fingerprint density at radius 2 is 2.00 bits per heavy atom. The van der Waals surface area contributed by atoms with Crippen LogP contribution in [0.1, 0.15) is 21.5 Å². The molecule has 1 amide bonds. The predicted molar refractivity (Wildman–Crippen MR) is 88.6 cm³/mol. The van der Waals surface area contributed by atoms with Crippen molar-refractivity contribution >= 4 is 34.5 Å².